The largest absolute Gasteiger partial charge is 0.312 e. The molecule has 0 saturated heterocycles. The number of rotatable bonds is 3. The molecule has 0 saturated carbocycles. The Labute approximate surface area is 92.7 Å². The predicted octanol–water partition coefficient (Wildman–Crippen LogP) is 1.11. The third-order valence-corrected chi connectivity index (χ3v) is 2.73. The van der Waals surface area contributed by atoms with E-state index in [2.05, 4.69) is 15.3 Å². The second-order valence-corrected chi connectivity index (χ2v) is 3.65. The van der Waals surface area contributed by atoms with Gasteiger partial charge in [0.25, 0.3) is 0 Å². The first kappa shape index (κ1) is 10.2. The van der Waals surface area contributed by atoms with Gasteiger partial charge in [0, 0.05) is 18.3 Å². The van der Waals surface area contributed by atoms with Crippen LogP contribution in [0.1, 0.15) is 17.1 Å². The monoisotopic (exact) mass is 225 g/mol. The molecule has 0 spiro atoms. The standard InChI is InChI=1S/C9H12ClN5/c1-7-8(4-12-14(7)2)5-15-6-11-13-9(15)3-10/h4,6H,3,5H2,1-2H3. The molecule has 0 aliphatic heterocycles. The molecule has 2 heterocycles. The molecular weight excluding hydrogens is 214 g/mol. The van der Waals surface area contributed by atoms with E-state index in [1.165, 1.54) is 0 Å². The summed E-state index contributed by atoms with van der Waals surface area (Å²) < 4.78 is 3.77. The number of aryl methyl sites for hydroxylation is 1. The zero-order valence-corrected chi connectivity index (χ0v) is 9.44. The van der Waals surface area contributed by atoms with Crippen LogP contribution in [0.25, 0.3) is 0 Å². The molecule has 5 nitrogen and oxygen atoms in total. The van der Waals surface area contributed by atoms with E-state index in [0.717, 1.165) is 17.1 Å². The van der Waals surface area contributed by atoms with Gasteiger partial charge >= 0.3 is 0 Å². The smallest absolute Gasteiger partial charge is 0.148 e. The van der Waals surface area contributed by atoms with Gasteiger partial charge in [-0.3, -0.25) is 4.68 Å². The Kier molecular flexibility index (Phi) is 2.73. The van der Waals surface area contributed by atoms with E-state index in [-0.39, 0.29) is 0 Å². The minimum Gasteiger partial charge on any atom is -0.312 e. The number of aromatic nitrogens is 5. The SMILES string of the molecule is Cc1c(Cn2cnnc2CCl)cnn1C. The van der Waals surface area contributed by atoms with Gasteiger partial charge in [0.05, 0.1) is 18.6 Å². The van der Waals surface area contributed by atoms with Crippen molar-refractivity contribution >= 4 is 11.6 Å². The number of hydrogen-bond acceptors (Lipinski definition) is 3. The molecule has 6 heteroatoms. The van der Waals surface area contributed by atoms with Crippen LogP contribution in [-0.4, -0.2) is 24.5 Å². The molecule has 80 valence electrons. The van der Waals surface area contributed by atoms with Gasteiger partial charge in [-0.2, -0.15) is 5.10 Å². The maximum Gasteiger partial charge on any atom is 0.148 e. The van der Waals surface area contributed by atoms with E-state index in [1.807, 2.05) is 29.4 Å². The van der Waals surface area contributed by atoms with Crippen molar-refractivity contribution in [1.29, 1.82) is 0 Å². The van der Waals surface area contributed by atoms with Crippen LogP contribution in [-0.2, 0) is 19.5 Å². The lowest BCUT2D eigenvalue weighted by atomic mass is 10.2. The van der Waals surface area contributed by atoms with Crippen molar-refractivity contribution in [3.05, 3.63) is 29.6 Å². The summed E-state index contributed by atoms with van der Waals surface area (Å²) >= 11 is 5.74. The molecule has 0 fully saturated rings. The molecule has 0 amide bonds. The first-order valence-corrected chi connectivity index (χ1v) is 5.16. The Bertz CT molecular complexity index is 459. The van der Waals surface area contributed by atoms with Gasteiger partial charge < -0.3 is 4.57 Å². The van der Waals surface area contributed by atoms with Crippen molar-refractivity contribution in [2.24, 2.45) is 7.05 Å². The van der Waals surface area contributed by atoms with Crippen molar-refractivity contribution in [3.8, 4) is 0 Å². The average molecular weight is 226 g/mol. The summed E-state index contributed by atoms with van der Waals surface area (Å²) in [4.78, 5) is 0. The fraction of sp³-hybridized carbons (Fsp3) is 0.444. The van der Waals surface area contributed by atoms with E-state index < -0.39 is 0 Å². The van der Waals surface area contributed by atoms with Crippen LogP contribution in [0.2, 0.25) is 0 Å². The van der Waals surface area contributed by atoms with Gasteiger partial charge in [-0.15, -0.1) is 21.8 Å². The van der Waals surface area contributed by atoms with Gasteiger partial charge in [0.1, 0.15) is 12.2 Å². The molecular formula is C9H12ClN5. The van der Waals surface area contributed by atoms with E-state index in [9.17, 15) is 0 Å². The summed E-state index contributed by atoms with van der Waals surface area (Å²) in [5, 5.41) is 11.9. The van der Waals surface area contributed by atoms with Gasteiger partial charge in [0.15, 0.2) is 0 Å². The normalized spacial score (nSPS) is 10.9. The average Bonchev–Trinajstić information content (AvgIpc) is 2.80. The lowest BCUT2D eigenvalue weighted by Crippen LogP contribution is -2.04. The molecule has 0 aliphatic rings. The lowest BCUT2D eigenvalue weighted by molar-refractivity contribution is 0.723. The molecule has 0 unspecified atom stereocenters. The first-order valence-electron chi connectivity index (χ1n) is 4.62. The highest BCUT2D eigenvalue weighted by Gasteiger charge is 2.07. The number of nitrogens with zero attached hydrogens (tertiary/aromatic N) is 5. The molecule has 0 aliphatic carbocycles. The molecule has 15 heavy (non-hydrogen) atoms. The Balaban J connectivity index is 2.25. The number of hydrogen-bond donors (Lipinski definition) is 0. The Hall–Kier alpha value is -1.36. The third kappa shape index (κ3) is 1.87. The maximum absolute atomic E-state index is 5.74. The zero-order valence-electron chi connectivity index (χ0n) is 8.68. The van der Waals surface area contributed by atoms with Crippen molar-refractivity contribution in [2.45, 2.75) is 19.3 Å². The summed E-state index contributed by atoms with van der Waals surface area (Å²) in [7, 11) is 1.92. The molecule has 0 bridgehead atoms. The predicted molar refractivity (Wildman–Crippen MR) is 56.6 cm³/mol. The Morgan fingerprint density at radius 2 is 2.27 bits per heavy atom. The van der Waals surface area contributed by atoms with Gasteiger partial charge in [-0.05, 0) is 6.92 Å². The van der Waals surface area contributed by atoms with Crippen LogP contribution in [0.4, 0.5) is 0 Å². The molecule has 2 rings (SSSR count). The molecule has 2 aromatic rings. The molecule has 0 N–H and O–H groups in total. The second kappa shape index (κ2) is 4.02. The van der Waals surface area contributed by atoms with Crippen LogP contribution in [0.15, 0.2) is 12.5 Å². The van der Waals surface area contributed by atoms with Crippen molar-refractivity contribution in [2.75, 3.05) is 0 Å². The summed E-state index contributed by atoms with van der Waals surface area (Å²) in [6, 6.07) is 0. The summed E-state index contributed by atoms with van der Waals surface area (Å²) in [5.41, 5.74) is 2.30. The summed E-state index contributed by atoms with van der Waals surface area (Å²) in [6.45, 7) is 2.75. The number of halogens is 1. The zero-order chi connectivity index (χ0) is 10.8. The topological polar surface area (TPSA) is 48.5 Å². The van der Waals surface area contributed by atoms with E-state index in [4.69, 9.17) is 11.6 Å². The third-order valence-electron chi connectivity index (χ3n) is 2.49. The van der Waals surface area contributed by atoms with Crippen LogP contribution in [0, 0.1) is 6.92 Å². The number of alkyl halides is 1. The van der Waals surface area contributed by atoms with Crippen LogP contribution >= 0.6 is 11.6 Å². The molecule has 0 atom stereocenters. The second-order valence-electron chi connectivity index (χ2n) is 3.39. The van der Waals surface area contributed by atoms with Crippen LogP contribution in [0.5, 0.6) is 0 Å². The Morgan fingerprint density at radius 3 is 2.87 bits per heavy atom. The van der Waals surface area contributed by atoms with Crippen LogP contribution < -0.4 is 0 Å². The van der Waals surface area contributed by atoms with Gasteiger partial charge in [-0.25, -0.2) is 0 Å². The van der Waals surface area contributed by atoms with Gasteiger partial charge in [-0.1, -0.05) is 0 Å². The molecule has 0 aromatic carbocycles. The van der Waals surface area contributed by atoms with Gasteiger partial charge in [0.2, 0.25) is 0 Å². The highest BCUT2D eigenvalue weighted by molar-refractivity contribution is 6.16. The summed E-state index contributed by atoms with van der Waals surface area (Å²) in [6.07, 6.45) is 3.54. The molecule has 2 aromatic heterocycles. The van der Waals surface area contributed by atoms with Crippen molar-refractivity contribution in [3.63, 3.8) is 0 Å². The fourth-order valence-electron chi connectivity index (χ4n) is 1.40. The van der Waals surface area contributed by atoms with E-state index in [1.54, 1.807) is 6.33 Å². The van der Waals surface area contributed by atoms with E-state index in [0.29, 0.717) is 12.4 Å². The quantitative estimate of drug-likeness (QED) is 0.736. The minimum atomic E-state index is 0.374. The van der Waals surface area contributed by atoms with Crippen molar-refractivity contribution < 1.29 is 0 Å². The molecule has 0 radical (unpaired) electrons. The Morgan fingerprint density at radius 1 is 1.47 bits per heavy atom. The highest BCUT2D eigenvalue weighted by Crippen LogP contribution is 2.09. The van der Waals surface area contributed by atoms with Crippen molar-refractivity contribution in [1.82, 2.24) is 24.5 Å². The summed E-state index contributed by atoms with van der Waals surface area (Å²) in [5.74, 6) is 1.15. The fourth-order valence-corrected chi connectivity index (χ4v) is 1.60. The lowest BCUT2D eigenvalue weighted by Gasteiger charge is -2.03. The van der Waals surface area contributed by atoms with E-state index >= 15 is 0 Å². The highest BCUT2D eigenvalue weighted by atomic mass is 35.5. The van der Waals surface area contributed by atoms with Crippen LogP contribution in [0.3, 0.4) is 0 Å². The first-order chi connectivity index (χ1) is 7.22. The minimum absolute atomic E-state index is 0.374. The maximum atomic E-state index is 5.74.